The average Bonchev–Trinajstić information content (AvgIpc) is 2.45. The van der Waals surface area contributed by atoms with Gasteiger partial charge in [0.05, 0.1) is 6.04 Å². The molecular weight excluding hydrogens is 284 g/mol. The van der Waals surface area contributed by atoms with Crippen molar-refractivity contribution >= 4 is 17.5 Å². The topological polar surface area (TPSA) is 55.1 Å². The summed E-state index contributed by atoms with van der Waals surface area (Å²) in [5, 5.41) is 3.73. The van der Waals surface area contributed by atoms with Gasteiger partial charge in [-0.25, -0.2) is 0 Å². The molecule has 0 saturated carbocycles. The molecule has 0 aromatic heterocycles. The maximum atomic E-state index is 12.0. The number of benzene rings is 1. The Bertz CT molecular complexity index is 431. The number of carbonyl (C=O) groups is 1. The second-order valence-corrected chi connectivity index (χ2v) is 6.05. The Morgan fingerprint density at radius 2 is 2.10 bits per heavy atom. The van der Waals surface area contributed by atoms with Gasteiger partial charge in [0.1, 0.15) is 0 Å². The highest BCUT2D eigenvalue weighted by Gasteiger charge is 2.13. The quantitative estimate of drug-likeness (QED) is 0.722. The van der Waals surface area contributed by atoms with E-state index in [0.717, 1.165) is 31.2 Å². The van der Waals surface area contributed by atoms with E-state index in [4.69, 9.17) is 17.3 Å². The third kappa shape index (κ3) is 6.96. The molecule has 0 spiro atoms. The van der Waals surface area contributed by atoms with Crippen LogP contribution in [0.15, 0.2) is 24.3 Å². The third-order valence-corrected chi connectivity index (χ3v) is 4.01. The monoisotopic (exact) mass is 310 g/mol. The van der Waals surface area contributed by atoms with Gasteiger partial charge in [0.15, 0.2) is 0 Å². The van der Waals surface area contributed by atoms with Crippen molar-refractivity contribution in [2.24, 2.45) is 11.7 Å². The summed E-state index contributed by atoms with van der Waals surface area (Å²) in [6, 6.07) is 7.59. The second kappa shape index (κ2) is 9.80. The summed E-state index contributed by atoms with van der Waals surface area (Å²) in [5.41, 5.74) is 6.65. The Hall–Kier alpha value is -1.06. The average molecular weight is 311 g/mol. The van der Waals surface area contributed by atoms with Crippen molar-refractivity contribution in [3.63, 3.8) is 0 Å². The SMILES string of the molecule is CCCC(CCN)CCC(=O)N[C@H](C)c1cccc(Cl)c1. The molecule has 2 atom stereocenters. The Morgan fingerprint density at radius 3 is 2.71 bits per heavy atom. The van der Waals surface area contributed by atoms with E-state index < -0.39 is 0 Å². The molecule has 21 heavy (non-hydrogen) atoms. The van der Waals surface area contributed by atoms with E-state index in [1.807, 2.05) is 31.2 Å². The number of hydrogen-bond acceptors (Lipinski definition) is 2. The lowest BCUT2D eigenvalue weighted by Crippen LogP contribution is -2.27. The van der Waals surface area contributed by atoms with Crippen LogP contribution in [0.2, 0.25) is 5.02 Å². The number of nitrogens with one attached hydrogen (secondary N) is 1. The molecule has 0 heterocycles. The highest BCUT2D eigenvalue weighted by molar-refractivity contribution is 6.30. The molecule has 0 bridgehead atoms. The number of halogens is 1. The fraction of sp³-hybridized carbons (Fsp3) is 0.588. The molecule has 0 fully saturated rings. The predicted octanol–water partition coefficient (Wildman–Crippen LogP) is 4.06. The Labute approximate surface area is 133 Å². The first-order chi connectivity index (χ1) is 10.1. The lowest BCUT2D eigenvalue weighted by molar-refractivity contribution is -0.122. The zero-order valence-electron chi connectivity index (χ0n) is 13.1. The van der Waals surface area contributed by atoms with E-state index in [9.17, 15) is 4.79 Å². The van der Waals surface area contributed by atoms with Crippen LogP contribution in [-0.4, -0.2) is 12.5 Å². The molecule has 1 aromatic carbocycles. The zero-order valence-corrected chi connectivity index (χ0v) is 13.8. The summed E-state index contributed by atoms with van der Waals surface area (Å²) in [5.74, 6) is 0.660. The van der Waals surface area contributed by atoms with Crippen molar-refractivity contribution in [3.05, 3.63) is 34.9 Å². The van der Waals surface area contributed by atoms with Crippen molar-refractivity contribution in [1.29, 1.82) is 0 Å². The van der Waals surface area contributed by atoms with E-state index in [2.05, 4.69) is 12.2 Å². The lowest BCUT2D eigenvalue weighted by atomic mass is 9.94. The highest BCUT2D eigenvalue weighted by atomic mass is 35.5. The predicted molar refractivity (Wildman–Crippen MR) is 89.3 cm³/mol. The minimum atomic E-state index is -0.0182. The Morgan fingerprint density at radius 1 is 1.33 bits per heavy atom. The highest BCUT2D eigenvalue weighted by Crippen LogP contribution is 2.19. The van der Waals surface area contributed by atoms with Gasteiger partial charge >= 0.3 is 0 Å². The van der Waals surface area contributed by atoms with E-state index in [0.29, 0.717) is 23.9 Å². The number of amides is 1. The first-order valence-electron chi connectivity index (χ1n) is 7.81. The normalized spacial score (nSPS) is 13.7. The van der Waals surface area contributed by atoms with E-state index in [-0.39, 0.29) is 11.9 Å². The first-order valence-corrected chi connectivity index (χ1v) is 8.19. The van der Waals surface area contributed by atoms with Gasteiger partial charge in [0, 0.05) is 11.4 Å². The van der Waals surface area contributed by atoms with Crippen molar-refractivity contribution < 1.29 is 4.79 Å². The number of rotatable bonds is 9. The molecule has 1 rings (SSSR count). The summed E-state index contributed by atoms with van der Waals surface area (Å²) in [6.45, 7) is 4.85. The molecular formula is C17H27ClN2O. The zero-order chi connectivity index (χ0) is 15.7. The van der Waals surface area contributed by atoms with Crippen LogP contribution < -0.4 is 11.1 Å². The molecule has 1 aromatic rings. The Kier molecular flexibility index (Phi) is 8.40. The summed E-state index contributed by atoms with van der Waals surface area (Å²) in [4.78, 5) is 12.0. The standard InChI is InChI=1S/C17H27ClN2O/c1-3-5-14(10-11-19)8-9-17(21)20-13(2)15-6-4-7-16(18)12-15/h4,6-7,12-14H,3,5,8-11,19H2,1-2H3,(H,20,21)/t13-,14?/m1/s1. The Balaban J connectivity index is 2.42. The van der Waals surface area contributed by atoms with Gasteiger partial charge in [-0.15, -0.1) is 0 Å². The summed E-state index contributed by atoms with van der Waals surface area (Å²) in [6.07, 6.45) is 4.78. The number of carbonyl (C=O) groups excluding carboxylic acids is 1. The molecule has 1 amide bonds. The van der Waals surface area contributed by atoms with Crippen molar-refractivity contribution in [3.8, 4) is 0 Å². The maximum Gasteiger partial charge on any atom is 0.220 e. The molecule has 0 aliphatic rings. The van der Waals surface area contributed by atoms with Crippen LogP contribution in [0.25, 0.3) is 0 Å². The summed E-state index contributed by atoms with van der Waals surface area (Å²) in [7, 11) is 0. The van der Waals surface area contributed by atoms with Gasteiger partial charge in [-0.2, -0.15) is 0 Å². The van der Waals surface area contributed by atoms with Gasteiger partial charge in [-0.1, -0.05) is 43.5 Å². The lowest BCUT2D eigenvalue weighted by Gasteiger charge is -2.17. The molecule has 0 saturated heterocycles. The molecule has 1 unspecified atom stereocenters. The van der Waals surface area contributed by atoms with Crippen LogP contribution in [0.1, 0.15) is 57.6 Å². The van der Waals surface area contributed by atoms with Crippen LogP contribution in [0, 0.1) is 5.92 Å². The van der Waals surface area contributed by atoms with E-state index >= 15 is 0 Å². The molecule has 3 N–H and O–H groups in total. The van der Waals surface area contributed by atoms with E-state index in [1.165, 1.54) is 0 Å². The molecule has 0 aliphatic carbocycles. The largest absolute Gasteiger partial charge is 0.350 e. The van der Waals surface area contributed by atoms with Crippen LogP contribution in [0.3, 0.4) is 0 Å². The summed E-state index contributed by atoms with van der Waals surface area (Å²) >= 11 is 5.97. The van der Waals surface area contributed by atoms with Gasteiger partial charge < -0.3 is 11.1 Å². The number of nitrogens with two attached hydrogens (primary N) is 1. The van der Waals surface area contributed by atoms with Crippen LogP contribution in [0.4, 0.5) is 0 Å². The molecule has 0 radical (unpaired) electrons. The molecule has 4 heteroatoms. The van der Waals surface area contributed by atoms with Gasteiger partial charge in [-0.05, 0) is 49.9 Å². The minimum Gasteiger partial charge on any atom is -0.350 e. The third-order valence-electron chi connectivity index (χ3n) is 3.78. The molecule has 3 nitrogen and oxygen atoms in total. The van der Waals surface area contributed by atoms with Crippen LogP contribution in [0.5, 0.6) is 0 Å². The van der Waals surface area contributed by atoms with Crippen molar-refractivity contribution in [2.45, 2.75) is 52.0 Å². The smallest absolute Gasteiger partial charge is 0.220 e. The van der Waals surface area contributed by atoms with E-state index in [1.54, 1.807) is 0 Å². The fourth-order valence-electron chi connectivity index (χ4n) is 2.59. The van der Waals surface area contributed by atoms with Crippen molar-refractivity contribution in [2.75, 3.05) is 6.54 Å². The first kappa shape index (κ1) is 18.0. The number of hydrogen-bond donors (Lipinski definition) is 2. The van der Waals surface area contributed by atoms with Gasteiger partial charge in [0.25, 0.3) is 0 Å². The van der Waals surface area contributed by atoms with Crippen molar-refractivity contribution in [1.82, 2.24) is 5.32 Å². The maximum absolute atomic E-state index is 12.0. The fourth-order valence-corrected chi connectivity index (χ4v) is 2.78. The minimum absolute atomic E-state index is 0.0182. The van der Waals surface area contributed by atoms with Crippen LogP contribution >= 0.6 is 11.6 Å². The van der Waals surface area contributed by atoms with Gasteiger partial charge in [-0.3, -0.25) is 4.79 Å². The van der Waals surface area contributed by atoms with Gasteiger partial charge in [0.2, 0.25) is 5.91 Å². The summed E-state index contributed by atoms with van der Waals surface area (Å²) < 4.78 is 0. The van der Waals surface area contributed by atoms with Crippen LogP contribution in [-0.2, 0) is 4.79 Å². The molecule has 118 valence electrons. The molecule has 0 aliphatic heterocycles. The second-order valence-electron chi connectivity index (χ2n) is 5.61.